The number of likely N-dealkylation sites (tertiary alicyclic amines) is 1. The minimum atomic E-state index is -0.570. The van der Waals surface area contributed by atoms with Crippen molar-refractivity contribution in [1.82, 2.24) is 15.2 Å². The van der Waals surface area contributed by atoms with Crippen LogP contribution in [0.1, 0.15) is 27.9 Å². The fourth-order valence-electron chi connectivity index (χ4n) is 5.70. The van der Waals surface area contributed by atoms with E-state index < -0.39 is 5.95 Å². The standard InChI is InChI=1S/C26H25FN4O/c1-31-13-19-12-26(19,14-31)18-5-2-15(3-6-18)21-11-22(24(28)30-23(21)27)16-4-7-20-17(10-16)8-9-29-25(20)32/h2-7,10-11,19H,8-9,12-14H2,1H3,(H2,28,30)(H,29,32)/t19-,26+/m1/s1. The number of nitrogen functional groups attached to an aromatic ring is 1. The molecule has 0 unspecified atom stereocenters. The highest BCUT2D eigenvalue weighted by atomic mass is 19.1. The van der Waals surface area contributed by atoms with Gasteiger partial charge in [0.2, 0.25) is 5.95 Å². The maximum absolute atomic E-state index is 14.8. The molecule has 3 aromatic rings. The van der Waals surface area contributed by atoms with Crippen molar-refractivity contribution in [2.45, 2.75) is 18.3 Å². The molecule has 162 valence electrons. The van der Waals surface area contributed by atoms with Crippen LogP contribution in [0.5, 0.6) is 0 Å². The number of hydrogen-bond donors (Lipinski definition) is 2. The predicted molar refractivity (Wildman–Crippen MR) is 123 cm³/mol. The van der Waals surface area contributed by atoms with E-state index in [1.165, 1.54) is 12.0 Å². The number of nitrogens with one attached hydrogen (secondary N) is 1. The summed E-state index contributed by atoms with van der Waals surface area (Å²) in [5.41, 5.74) is 12.1. The summed E-state index contributed by atoms with van der Waals surface area (Å²) >= 11 is 0. The van der Waals surface area contributed by atoms with Crippen LogP contribution >= 0.6 is 0 Å². The van der Waals surface area contributed by atoms with Crippen molar-refractivity contribution in [2.75, 3.05) is 32.4 Å². The summed E-state index contributed by atoms with van der Waals surface area (Å²) in [5, 5.41) is 2.85. The SMILES string of the molecule is CN1C[C@H]2C[C@@]2(c2ccc(-c3cc(-c4ccc5c(c4)CCNC5=O)c(N)nc3F)cc2)C1. The van der Waals surface area contributed by atoms with Crippen LogP contribution in [0.15, 0.2) is 48.5 Å². The number of pyridine rings is 1. The van der Waals surface area contributed by atoms with Gasteiger partial charge in [0.15, 0.2) is 0 Å². The van der Waals surface area contributed by atoms with Crippen LogP contribution in [0.3, 0.4) is 0 Å². The van der Waals surface area contributed by atoms with Gasteiger partial charge in [-0.05, 0) is 60.2 Å². The van der Waals surface area contributed by atoms with E-state index in [2.05, 4.69) is 34.4 Å². The Kier molecular flexibility index (Phi) is 4.17. The monoisotopic (exact) mass is 428 g/mol. The van der Waals surface area contributed by atoms with E-state index in [9.17, 15) is 9.18 Å². The third kappa shape index (κ3) is 2.93. The van der Waals surface area contributed by atoms with E-state index in [0.717, 1.165) is 42.1 Å². The molecule has 3 N–H and O–H groups in total. The largest absolute Gasteiger partial charge is 0.383 e. The second kappa shape index (κ2) is 6.87. The normalized spacial score (nSPS) is 24.1. The summed E-state index contributed by atoms with van der Waals surface area (Å²) in [4.78, 5) is 18.4. The van der Waals surface area contributed by atoms with E-state index >= 15 is 0 Å². The molecule has 3 heterocycles. The van der Waals surface area contributed by atoms with Crippen molar-refractivity contribution in [3.8, 4) is 22.3 Å². The lowest BCUT2D eigenvalue weighted by Crippen LogP contribution is -2.31. The lowest BCUT2D eigenvalue weighted by Gasteiger charge is -2.18. The number of halogens is 1. The molecule has 32 heavy (non-hydrogen) atoms. The Bertz CT molecular complexity index is 1260. The molecule has 1 aliphatic carbocycles. The minimum absolute atomic E-state index is 0.0605. The molecular weight excluding hydrogens is 403 g/mol. The van der Waals surface area contributed by atoms with Gasteiger partial charge in [0.25, 0.3) is 5.91 Å². The number of anilines is 1. The summed E-state index contributed by atoms with van der Waals surface area (Å²) < 4.78 is 14.8. The molecule has 0 radical (unpaired) electrons. The number of hydrogen-bond acceptors (Lipinski definition) is 4. The van der Waals surface area contributed by atoms with Crippen molar-refractivity contribution in [1.29, 1.82) is 0 Å². The highest BCUT2D eigenvalue weighted by Crippen LogP contribution is 2.58. The maximum atomic E-state index is 14.8. The number of likely N-dealkylation sites (N-methyl/N-ethyl adjacent to an activating group) is 1. The Morgan fingerprint density at radius 2 is 1.88 bits per heavy atom. The maximum Gasteiger partial charge on any atom is 0.251 e. The van der Waals surface area contributed by atoms with Crippen molar-refractivity contribution >= 4 is 11.7 Å². The molecule has 5 nitrogen and oxygen atoms in total. The summed E-state index contributed by atoms with van der Waals surface area (Å²) in [6.07, 6.45) is 2.00. The predicted octanol–water partition coefficient (Wildman–Crippen LogP) is 3.63. The zero-order valence-electron chi connectivity index (χ0n) is 18.0. The quantitative estimate of drug-likeness (QED) is 0.625. The first-order chi connectivity index (χ1) is 15.4. The van der Waals surface area contributed by atoms with Crippen LogP contribution in [-0.4, -0.2) is 42.5 Å². The van der Waals surface area contributed by atoms with Crippen molar-refractivity contribution in [3.63, 3.8) is 0 Å². The number of piperidine rings is 1. The van der Waals surface area contributed by atoms with Gasteiger partial charge in [-0.1, -0.05) is 36.4 Å². The zero-order chi connectivity index (χ0) is 22.0. The van der Waals surface area contributed by atoms with Gasteiger partial charge in [0, 0.05) is 41.7 Å². The van der Waals surface area contributed by atoms with Gasteiger partial charge in [-0.15, -0.1) is 0 Å². The van der Waals surface area contributed by atoms with Gasteiger partial charge in [-0.25, -0.2) is 4.98 Å². The highest BCUT2D eigenvalue weighted by molar-refractivity contribution is 5.97. The van der Waals surface area contributed by atoms with E-state index in [1.54, 1.807) is 12.1 Å². The van der Waals surface area contributed by atoms with Crippen LogP contribution in [0, 0.1) is 11.9 Å². The highest BCUT2D eigenvalue weighted by Gasteiger charge is 2.59. The summed E-state index contributed by atoms with van der Waals surface area (Å²) in [6.45, 7) is 2.86. The van der Waals surface area contributed by atoms with Crippen LogP contribution in [-0.2, 0) is 11.8 Å². The van der Waals surface area contributed by atoms with Crippen LogP contribution in [0.25, 0.3) is 22.3 Å². The molecule has 2 atom stereocenters. The Balaban J connectivity index is 1.36. The fourth-order valence-corrected chi connectivity index (χ4v) is 5.70. The molecule has 6 heteroatoms. The molecule has 0 bridgehead atoms. The van der Waals surface area contributed by atoms with Crippen molar-refractivity contribution in [3.05, 3.63) is 71.2 Å². The van der Waals surface area contributed by atoms with Gasteiger partial charge in [0.05, 0.1) is 0 Å². The molecule has 2 aliphatic heterocycles. The number of rotatable bonds is 3. The molecule has 0 spiro atoms. The molecule has 2 fully saturated rings. The topological polar surface area (TPSA) is 71.2 Å². The zero-order valence-corrected chi connectivity index (χ0v) is 18.0. The van der Waals surface area contributed by atoms with Crippen molar-refractivity contribution < 1.29 is 9.18 Å². The lowest BCUT2D eigenvalue weighted by atomic mass is 9.92. The first kappa shape index (κ1) is 19.4. The Hall–Kier alpha value is -3.25. The molecule has 2 aromatic carbocycles. The van der Waals surface area contributed by atoms with E-state index in [-0.39, 0.29) is 17.1 Å². The molecule has 1 saturated heterocycles. The van der Waals surface area contributed by atoms with Gasteiger partial charge in [0.1, 0.15) is 5.82 Å². The average Bonchev–Trinajstić information content (AvgIpc) is 3.36. The van der Waals surface area contributed by atoms with Gasteiger partial charge >= 0.3 is 0 Å². The summed E-state index contributed by atoms with van der Waals surface area (Å²) in [7, 11) is 2.17. The Morgan fingerprint density at radius 3 is 2.62 bits per heavy atom. The lowest BCUT2D eigenvalue weighted by molar-refractivity contribution is 0.0946. The third-order valence-electron chi connectivity index (χ3n) is 7.43. The number of nitrogens with zero attached hydrogens (tertiary/aromatic N) is 2. The summed E-state index contributed by atoms with van der Waals surface area (Å²) in [6, 6.07) is 15.7. The Morgan fingerprint density at radius 1 is 1.09 bits per heavy atom. The Labute approximate surface area is 186 Å². The second-order valence-electron chi connectivity index (χ2n) is 9.47. The third-order valence-corrected chi connectivity index (χ3v) is 7.43. The minimum Gasteiger partial charge on any atom is -0.383 e. The number of nitrogens with two attached hydrogens (primary N) is 1. The smallest absolute Gasteiger partial charge is 0.251 e. The van der Waals surface area contributed by atoms with Gasteiger partial charge in [-0.3, -0.25) is 4.79 Å². The molecule has 1 amide bonds. The number of fused-ring (bicyclic) bond motifs is 2. The van der Waals surface area contributed by atoms with E-state index in [1.807, 2.05) is 24.3 Å². The first-order valence-electron chi connectivity index (χ1n) is 11.1. The number of carbonyl (C=O) groups is 1. The van der Waals surface area contributed by atoms with Gasteiger partial charge in [-0.2, -0.15) is 4.39 Å². The summed E-state index contributed by atoms with van der Waals surface area (Å²) in [5.74, 6) is 0.261. The second-order valence-corrected chi connectivity index (χ2v) is 9.47. The first-order valence-corrected chi connectivity index (χ1v) is 11.1. The number of aromatic nitrogens is 1. The van der Waals surface area contributed by atoms with Crippen LogP contribution < -0.4 is 11.1 Å². The van der Waals surface area contributed by atoms with Crippen LogP contribution in [0.2, 0.25) is 0 Å². The average molecular weight is 429 g/mol. The molecule has 6 rings (SSSR count). The van der Waals surface area contributed by atoms with Crippen molar-refractivity contribution in [2.24, 2.45) is 5.92 Å². The molecule has 1 aromatic heterocycles. The van der Waals surface area contributed by atoms with E-state index in [4.69, 9.17) is 5.73 Å². The number of amides is 1. The molecule has 1 saturated carbocycles. The number of carbonyl (C=O) groups excluding carboxylic acids is 1. The van der Waals surface area contributed by atoms with Gasteiger partial charge < -0.3 is 16.0 Å². The fraction of sp³-hybridized carbons (Fsp3) is 0.308. The molecular formula is C26H25FN4O. The number of benzene rings is 2. The van der Waals surface area contributed by atoms with Crippen LogP contribution in [0.4, 0.5) is 10.2 Å². The van der Waals surface area contributed by atoms with E-state index in [0.29, 0.717) is 23.2 Å². The molecule has 3 aliphatic rings.